The van der Waals surface area contributed by atoms with Gasteiger partial charge < -0.3 is 4.90 Å². The molecule has 0 fully saturated rings. The van der Waals surface area contributed by atoms with E-state index in [1.165, 1.54) is 4.90 Å². The molecule has 19 heavy (non-hydrogen) atoms. The zero-order valence-electron chi connectivity index (χ0n) is 11.2. The SMILES string of the molecule is CCC(CC)N(C)C(=O)c1cc([N+](=O)[O-])ccc1F. The highest BCUT2D eigenvalue weighted by Gasteiger charge is 2.23. The number of carbonyl (C=O) groups excluding carboxylic acids is 1. The van der Waals surface area contributed by atoms with Crippen molar-refractivity contribution < 1.29 is 14.1 Å². The number of nitro benzene ring substituents is 1. The quantitative estimate of drug-likeness (QED) is 0.609. The lowest BCUT2D eigenvalue weighted by Crippen LogP contribution is -2.36. The van der Waals surface area contributed by atoms with Crippen LogP contribution in [0.4, 0.5) is 10.1 Å². The molecule has 0 radical (unpaired) electrons. The van der Waals surface area contributed by atoms with Gasteiger partial charge in [0.25, 0.3) is 11.6 Å². The number of benzene rings is 1. The lowest BCUT2D eigenvalue weighted by molar-refractivity contribution is -0.384. The summed E-state index contributed by atoms with van der Waals surface area (Å²) in [5.41, 5.74) is -0.550. The third kappa shape index (κ3) is 3.27. The number of carbonyl (C=O) groups is 1. The third-order valence-electron chi connectivity index (χ3n) is 3.20. The fraction of sp³-hybridized carbons (Fsp3) is 0.462. The van der Waals surface area contributed by atoms with Crippen molar-refractivity contribution in [2.45, 2.75) is 32.7 Å². The molecule has 0 spiro atoms. The van der Waals surface area contributed by atoms with Crippen molar-refractivity contribution >= 4 is 11.6 Å². The van der Waals surface area contributed by atoms with Crippen molar-refractivity contribution in [1.82, 2.24) is 4.90 Å². The van der Waals surface area contributed by atoms with Crippen molar-refractivity contribution in [1.29, 1.82) is 0 Å². The molecule has 0 heterocycles. The first-order chi connectivity index (χ1) is 8.92. The number of halogens is 1. The van der Waals surface area contributed by atoms with Crippen molar-refractivity contribution in [3.05, 3.63) is 39.7 Å². The number of rotatable bonds is 5. The van der Waals surface area contributed by atoms with Crippen molar-refractivity contribution in [2.24, 2.45) is 0 Å². The van der Waals surface area contributed by atoms with Crippen LogP contribution in [0.15, 0.2) is 18.2 Å². The van der Waals surface area contributed by atoms with Gasteiger partial charge in [0.05, 0.1) is 10.5 Å². The van der Waals surface area contributed by atoms with Crippen LogP contribution in [0, 0.1) is 15.9 Å². The van der Waals surface area contributed by atoms with Crippen LogP contribution in [0.2, 0.25) is 0 Å². The molecule has 0 saturated carbocycles. The van der Waals surface area contributed by atoms with E-state index in [2.05, 4.69) is 0 Å². The molecule has 0 atom stereocenters. The van der Waals surface area contributed by atoms with Gasteiger partial charge >= 0.3 is 0 Å². The van der Waals surface area contributed by atoms with Crippen molar-refractivity contribution in [3.8, 4) is 0 Å². The molecular formula is C13H17FN2O3. The van der Waals surface area contributed by atoms with Gasteiger partial charge in [-0.25, -0.2) is 4.39 Å². The largest absolute Gasteiger partial charge is 0.339 e. The zero-order valence-corrected chi connectivity index (χ0v) is 11.2. The summed E-state index contributed by atoms with van der Waals surface area (Å²) in [5.74, 6) is -1.27. The summed E-state index contributed by atoms with van der Waals surface area (Å²) in [6.07, 6.45) is 1.49. The summed E-state index contributed by atoms with van der Waals surface area (Å²) in [7, 11) is 1.58. The molecule has 1 aromatic carbocycles. The first-order valence-corrected chi connectivity index (χ1v) is 6.13. The molecule has 0 aromatic heterocycles. The molecule has 5 nitrogen and oxygen atoms in total. The minimum Gasteiger partial charge on any atom is -0.339 e. The van der Waals surface area contributed by atoms with Crippen LogP contribution in [0.1, 0.15) is 37.0 Å². The van der Waals surface area contributed by atoms with Gasteiger partial charge in [-0.3, -0.25) is 14.9 Å². The molecule has 0 aliphatic heterocycles. The van der Waals surface area contributed by atoms with Gasteiger partial charge in [-0.15, -0.1) is 0 Å². The van der Waals surface area contributed by atoms with Crippen LogP contribution < -0.4 is 0 Å². The maximum atomic E-state index is 13.6. The fourth-order valence-electron chi connectivity index (χ4n) is 1.98. The molecule has 0 unspecified atom stereocenters. The Bertz CT molecular complexity index is 487. The van der Waals surface area contributed by atoms with E-state index in [-0.39, 0.29) is 17.3 Å². The molecule has 1 aromatic rings. The van der Waals surface area contributed by atoms with Gasteiger partial charge in [0.1, 0.15) is 5.82 Å². The van der Waals surface area contributed by atoms with Gasteiger partial charge in [0.15, 0.2) is 0 Å². The van der Waals surface area contributed by atoms with E-state index in [4.69, 9.17) is 0 Å². The average molecular weight is 268 g/mol. The van der Waals surface area contributed by atoms with Crippen LogP contribution in [-0.2, 0) is 0 Å². The van der Waals surface area contributed by atoms with E-state index in [0.717, 1.165) is 31.0 Å². The maximum absolute atomic E-state index is 13.6. The highest BCUT2D eigenvalue weighted by Crippen LogP contribution is 2.19. The van der Waals surface area contributed by atoms with Gasteiger partial charge in [-0.05, 0) is 18.9 Å². The molecule has 6 heteroatoms. The lowest BCUT2D eigenvalue weighted by atomic mass is 10.1. The first kappa shape index (κ1) is 15.1. The topological polar surface area (TPSA) is 63.5 Å². The van der Waals surface area contributed by atoms with E-state index >= 15 is 0 Å². The minimum atomic E-state index is -0.742. The molecule has 0 aliphatic carbocycles. The number of nitrogens with zero attached hydrogens (tertiary/aromatic N) is 2. The van der Waals surface area contributed by atoms with Crippen LogP contribution in [-0.4, -0.2) is 28.8 Å². The highest BCUT2D eigenvalue weighted by atomic mass is 19.1. The Morgan fingerprint density at radius 1 is 1.42 bits per heavy atom. The Kier molecular flexibility index (Phi) is 4.97. The Morgan fingerprint density at radius 2 is 2.00 bits per heavy atom. The predicted octanol–water partition coefficient (Wildman–Crippen LogP) is 2.99. The van der Waals surface area contributed by atoms with Crippen molar-refractivity contribution in [3.63, 3.8) is 0 Å². The smallest absolute Gasteiger partial charge is 0.270 e. The Hall–Kier alpha value is -1.98. The van der Waals surface area contributed by atoms with E-state index < -0.39 is 16.6 Å². The van der Waals surface area contributed by atoms with Gasteiger partial charge in [-0.1, -0.05) is 13.8 Å². The molecular weight excluding hydrogens is 251 g/mol. The standard InChI is InChI=1S/C13H17FN2O3/c1-4-9(5-2)15(3)13(17)11-8-10(16(18)19)6-7-12(11)14/h6-9H,4-5H2,1-3H3. The second-order valence-corrected chi connectivity index (χ2v) is 4.31. The van der Waals surface area contributed by atoms with E-state index in [1.807, 2.05) is 13.8 Å². The summed E-state index contributed by atoms with van der Waals surface area (Å²) in [4.78, 5) is 23.6. The number of nitro groups is 1. The number of hydrogen-bond acceptors (Lipinski definition) is 3. The number of amides is 1. The first-order valence-electron chi connectivity index (χ1n) is 6.13. The highest BCUT2D eigenvalue weighted by molar-refractivity contribution is 5.95. The molecule has 0 saturated heterocycles. The summed E-state index contributed by atoms with van der Waals surface area (Å²) in [6, 6.07) is 2.97. The monoisotopic (exact) mass is 268 g/mol. The van der Waals surface area contributed by atoms with Gasteiger partial charge in [-0.2, -0.15) is 0 Å². The van der Waals surface area contributed by atoms with Gasteiger partial charge in [0, 0.05) is 25.2 Å². The summed E-state index contributed by atoms with van der Waals surface area (Å²) in [5, 5.41) is 10.7. The van der Waals surface area contributed by atoms with Crippen LogP contribution in [0.3, 0.4) is 0 Å². The Labute approximate surface area is 111 Å². The second-order valence-electron chi connectivity index (χ2n) is 4.31. The normalized spacial score (nSPS) is 10.6. The van der Waals surface area contributed by atoms with E-state index in [9.17, 15) is 19.3 Å². The van der Waals surface area contributed by atoms with E-state index in [1.54, 1.807) is 7.05 Å². The Morgan fingerprint density at radius 3 is 2.47 bits per heavy atom. The summed E-state index contributed by atoms with van der Waals surface area (Å²) in [6.45, 7) is 3.86. The summed E-state index contributed by atoms with van der Waals surface area (Å²) >= 11 is 0. The maximum Gasteiger partial charge on any atom is 0.270 e. The van der Waals surface area contributed by atoms with Crippen molar-refractivity contribution in [2.75, 3.05) is 7.05 Å². The molecule has 104 valence electrons. The van der Waals surface area contributed by atoms with Crippen LogP contribution >= 0.6 is 0 Å². The molecule has 1 rings (SSSR count). The number of hydrogen-bond donors (Lipinski definition) is 0. The molecule has 0 bridgehead atoms. The molecule has 1 amide bonds. The number of non-ortho nitro benzene ring substituents is 1. The zero-order chi connectivity index (χ0) is 14.6. The Balaban J connectivity index is 3.11. The van der Waals surface area contributed by atoms with Crippen LogP contribution in [0.5, 0.6) is 0 Å². The molecule has 0 aliphatic rings. The lowest BCUT2D eigenvalue weighted by Gasteiger charge is -2.26. The van der Waals surface area contributed by atoms with Gasteiger partial charge in [0.2, 0.25) is 0 Å². The second kappa shape index (κ2) is 6.26. The summed E-state index contributed by atoms with van der Waals surface area (Å²) < 4.78 is 13.6. The predicted molar refractivity (Wildman–Crippen MR) is 69.5 cm³/mol. The average Bonchev–Trinajstić information content (AvgIpc) is 2.39. The minimum absolute atomic E-state index is 0.00818. The fourth-order valence-corrected chi connectivity index (χ4v) is 1.98. The third-order valence-corrected chi connectivity index (χ3v) is 3.20. The molecule has 0 N–H and O–H groups in total. The van der Waals surface area contributed by atoms with Crippen LogP contribution in [0.25, 0.3) is 0 Å². The van der Waals surface area contributed by atoms with E-state index in [0.29, 0.717) is 0 Å².